The van der Waals surface area contributed by atoms with Crippen LogP contribution < -0.4 is 11.5 Å². The number of rotatable bonds is 5. The lowest BCUT2D eigenvalue weighted by atomic mass is 10.1. The average Bonchev–Trinajstić information content (AvgIpc) is 2.39. The Hall–Kier alpha value is -1.04. The van der Waals surface area contributed by atoms with Crippen molar-refractivity contribution >= 4 is 33.4 Å². The Morgan fingerprint density at radius 2 is 2.16 bits per heavy atom. The van der Waals surface area contributed by atoms with Gasteiger partial charge < -0.3 is 11.5 Å². The minimum atomic E-state index is 0.0653. The molecule has 4 N–H and O–H groups in total. The van der Waals surface area contributed by atoms with Gasteiger partial charge in [-0.2, -0.15) is 0 Å². The monoisotopic (exact) mass is 337 g/mol. The van der Waals surface area contributed by atoms with E-state index in [1.807, 2.05) is 18.2 Å². The van der Waals surface area contributed by atoms with E-state index in [9.17, 15) is 0 Å². The van der Waals surface area contributed by atoms with Crippen LogP contribution in [0, 0.1) is 0 Å². The van der Waals surface area contributed by atoms with Crippen molar-refractivity contribution in [2.75, 3.05) is 11.5 Å². The first kappa shape index (κ1) is 14.4. The maximum Gasteiger partial charge on any atom is 0.0378 e. The number of aromatic nitrogens is 1. The van der Waals surface area contributed by atoms with Gasteiger partial charge in [-0.1, -0.05) is 22.0 Å². The summed E-state index contributed by atoms with van der Waals surface area (Å²) in [4.78, 5) is 5.29. The molecule has 0 fully saturated rings. The van der Waals surface area contributed by atoms with E-state index in [1.165, 1.54) is 4.90 Å². The van der Waals surface area contributed by atoms with Crippen molar-refractivity contribution in [2.45, 2.75) is 17.4 Å². The predicted octanol–water partition coefficient (Wildman–Crippen LogP) is 3.09. The molecule has 0 spiro atoms. The van der Waals surface area contributed by atoms with Gasteiger partial charge in [0.15, 0.2) is 0 Å². The van der Waals surface area contributed by atoms with Crippen LogP contribution in [0.15, 0.2) is 52.1 Å². The molecule has 0 aliphatic rings. The van der Waals surface area contributed by atoms with Crippen molar-refractivity contribution in [2.24, 2.45) is 5.73 Å². The van der Waals surface area contributed by atoms with Gasteiger partial charge in [-0.15, -0.1) is 11.8 Å². The lowest BCUT2D eigenvalue weighted by Gasteiger charge is -2.12. The Morgan fingerprint density at radius 3 is 2.89 bits per heavy atom. The van der Waals surface area contributed by atoms with Crippen molar-refractivity contribution in [3.63, 3.8) is 0 Å². The quantitative estimate of drug-likeness (QED) is 0.823. The number of hydrogen-bond acceptors (Lipinski definition) is 4. The molecule has 0 saturated carbocycles. The van der Waals surface area contributed by atoms with E-state index in [2.05, 4.69) is 33.0 Å². The summed E-state index contributed by atoms with van der Waals surface area (Å²) in [7, 11) is 0. The summed E-state index contributed by atoms with van der Waals surface area (Å²) in [5.74, 6) is 0.852. The highest BCUT2D eigenvalue weighted by molar-refractivity contribution is 9.10. The number of nitrogen functional groups attached to an aromatic ring is 1. The van der Waals surface area contributed by atoms with Crippen molar-refractivity contribution in [1.29, 1.82) is 0 Å². The summed E-state index contributed by atoms with van der Waals surface area (Å²) in [5.41, 5.74) is 13.8. The normalized spacial score (nSPS) is 12.3. The molecule has 0 saturated heterocycles. The fourth-order valence-corrected chi connectivity index (χ4v) is 3.17. The third-order valence-corrected chi connectivity index (χ3v) is 4.36. The Balaban J connectivity index is 1.88. The summed E-state index contributed by atoms with van der Waals surface area (Å²) in [6, 6.07) is 10.1. The van der Waals surface area contributed by atoms with Crippen LogP contribution in [0.2, 0.25) is 0 Å². The summed E-state index contributed by atoms with van der Waals surface area (Å²) < 4.78 is 1.09. The van der Waals surface area contributed by atoms with E-state index in [4.69, 9.17) is 11.5 Å². The van der Waals surface area contributed by atoms with Crippen LogP contribution in [0.5, 0.6) is 0 Å². The van der Waals surface area contributed by atoms with Crippen LogP contribution in [-0.4, -0.2) is 16.8 Å². The Morgan fingerprint density at radius 1 is 1.32 bits per heavy atom. The highest BCUT2D eigenvalue weighted by Gasteiger charge is 2.08. The first-order chi connectivity index (χ1) is 9.15. The summed E-state index contributed by atoms with van der Waals surface area (Å²) >= 11 is 5.21. The second-order valence-corrected chi connectivity index (χ2v) is 6.32. The van der Waals surface area contributed by atoms with Crippen LogP contribution in [-0.2, 0) is 6.42 Å². The lowest BCUT2D eigenvalue weighted by Crippen LogP contribution is -2.26. The fraction of sp³-hybridized carbons (Fsp3) is 0.214. The van der Waals surface area contributed by atoms with E-state index in [1.54, 1.807) is 24.2 Å². The van der Waals surface area contributed by atoms with Gasteiger partial charge in [-0.05, 0) is 36.2 Å². The first-order valence-corrected chi connectivity index (χ1v) is 7.75. The molecule has 1 aromatic carbocycles. The second-order valence-electron chi connectivity index (χ2n) is 4.31. The highest BCUT2D eigenvalue weighted by Crippen LogP contribution is 2.23. The van der Waals surface area contributed by atoms with Crippen molar-refractivity contribution in [1.82, 2.24) is 4.98 Å². The SMILES string of the molecule is Nc1ccncc1CC(N)CSc1cccc(Br)c1. The van der Waals surface area contributed by atoms with Crippen molar-refractivity contribution in [3.8, 4) is 0 Å². The third kappa shape index (κ3) is 4.53. The van der Waals surface area contributed by atoms with E-state index < -0.39 is 0 Å². The largest absolute Gasteiger partial charge is 0.398 e. The van der Waals surface area contributed by atoms with Crippen molar-refractivity contribution < 1.29 is 0 Å². The minimum absolute atomic E-state index is 0.0653. The predicted molar refractivity (Wildman–Crippen MR) is 85.2 cm³/mol. The third-order valence-electron chi connectivity index (χ3n) is 2.68. The first-order valence-electron chi connectivity index (χ1n) is 5.97. The summed E-state index contributed by atoms with van der Waals surface area (Å²) in [5, 5.41) is 0. The number of pyridine rings is 1. The standard InChI is InChI=1S/C14H16BrN3S/c15-11-2-1-3-13(7-11)19-9-12(16)6-10-8-18-5-4-14(10)17/h1-5,7-8,12H,6,9,16H2,(H2,17,18). The van der Waals surface area contributed by atoms with Gasteiger partial charge in [-0.25, -0.2) is 0 Å². The van der Waals surface area contributed by atoms with Gasteiger partial charge in [0, 0.05) is 39.2 Å². The molecule has 0 aliphatic heterocycles. The molecule has 1 unspecified atom stereocenters. The number of thioether (sulfide) groups is 1. The van der Waals surface area contributed by atoms with Crippen LogP contribution in [0.3, 0.4) is 0 Å². The summed E-state index contributed by atoms with van der Waals surface area (Å²) in [6.45, 7) is 0. The molecule has 19 heavy (non-hydrogen) atoms. The van der Waals surface area contributed by atoms with E-state index >= 15 is 0 Å². The molecule has 0 bridgehead atoms. The van der Waals surface area contributed by atoms with Crippen molar-refractivity contribution in [3.05, 3.63) is 52.8 Å². The van der Waals surface area contributed by atoms with E-state index in [-0.39, 0.29) is 6.04 Å². The van der Waals surface area contributed by atoms with Crippen LogP contribution in [0.4, 0.5) is 5.69 Å². The van der Waals surface area contributed by atoms with Crippen LogP contribution in [0.25, 0.3) is 0 Å². The molecule has 0 aliphatic carbocycles. The number of nitrogens with two attached hydrogens (primary N) is 2. The number of hydrogen-bond donors (Lipinski definition) is 2. The molecule has 2 rings (SSSR count). The molecule has 1 atom stereocenters. The highest BCUT2D eigenvalue weighted by atomic mass is 79.9. The second kappa shape index (κ2) is 6.93. The lowest BCUT2D eigenvalue weighted by molar-refractivity contribution is 0.747. The molecule has 5 heteroatoms. The van der Waals surface area contributed by atoms with E-state index in [0.29, 0.717) is 0 Å². The zero-order chi connectivity index (χ0) is 13.7. The molecule has 0 radical (unpaired) electrons. The maximum atomic E-state index is 6.14. The minimum Gasteiger partial charge on any atom is -0.398 e. The van der Waals surface area contributed by atoms with Crippen LogP contribution in [0.1, 0.15) is 5.56 Å². The number of benzene rings is 1. The zero-order valence-electron chi connectivity index (χ0n) is 10.4. The average molecular weight is 338 g/mol. The van der Waals surface area contributed by atoms with Crippen LogP contribution >= 0.6 is 27.7 Å². The van der Waals surface area contributed by atoms with Gasteiger partial charge >= 0.3 is 0 Å². The number of nitrogens with zero attached hydrogens (tertiary/aromatic N) is 1. The number of anilines is 1. The van der Waals surface area contributed by atoms with Gasteiger partial charge in [0.25, 0.3) is 0 Å². The molecular weight excluding hydrogens is 322 g/mol. The smallest absolute Gasteiger partial charge is 0.0378 e. The fourth-order valence-electron chi connectivity index (χ4n) is 1.71. The molecular formula is C14H16BrN3S. The molecule has 100 valence electrons. The summed E-state index contributed by atoms with van der Waals surface area (Å²) in [6.07, 6.45) is 4.24. The molecule has 3 nitrogen and oxygen atoms in total. The Kier molecular flexibility index (Phi) is 5.24. The van der Waals surface area contributed by atoms with E-state index in [0.717, 1.165) is 27.9 Å². The molecule has 0 amide bonds. The molecule has 2 aromatic rings. The van der Waals surface area contributed by atoms with Gasteiger partial charge in [0.1, 0.15) is 0 Å². The Labute approximate surface area is 125 Å². The van der Waals surface area contributed by atoms with Gasteiger partial charge in [0.05, 0.1) is 0 Å². The molecule has 1 heterocycles. The topological polar surface area (TPSA) is 64.9 Å². The Bertz CT molecular complexity index is 548. The number of halogens is 1. The van der Waals surface area contributed by atoms with Gasteiger partial charge in [0.2, 0.25) is 0 Å². The maximum absolute atomic E-state index is 6.14. The zero-order valence-corrected chi connectivity index (χ0v) is 12.8. The molecule has 1 aromatic heterocycles. The van der Waals surface area contributed by atoms with Gasteiger partial charge in [-0.3, -0.25) is 4.98 Å².